The molecule has 1 atom stereocenters. The molecule has 86 valence electrons. The van der Waals surface area contributed by atoms with Crippen LogP contribution in [-0.2, 0) is 19.1 Å². The van der Waals surface area contributed by atoms with Gasteiger partial charge >= 0.3 is 11.9 Å². The molecule has 1 unspecified atom stereocenters. The van der Waals surface area contributed by atoms with E-state index < -0.39 is 30.3 Å². The molecule has 1 amide bonds. The molecule has 0 aliphatic heterocycles. The second-order valence-corrected chi connectivity index (χ2v) is 3.00. The summed E-state index contributed by atoms with van der Waals surface area (Å²) < 4.78 is 4.28. The summed E-state index contributed by atoms with van der Waals surface area (Å²) in [6.45, 7) is 1.81. The van der Waals surface area contributed by atoms with E-state index in [2.05, 4.69) is 10.1 Å². The lowest BCUT2D eigenvalue weighted by molar-refractivity contribution is -0.147. The van der Waals surface area contributed by atoms with E-state index in [4.69, 9.17) is 5.11 Å². The number of rotatable bonds is 6. The summed E-state index contributed by atoms with van der Waals surface area (Å²) >= 11 is 0. The molecule has 6 nitrogen and oxygen atoms in total. The first kappa shape index (κ1) is 13.4. The first-order valence-corrected chi connectivity index (χ1v) is 4.60. The van der Waals surface area contributed by atoms with Gasteiger partial charge in [0.15, 0.2) is 0 Å². The number of carbonyl (C=O) groups is 3. The molecule has 0 fully saturated rings. The number of carboxylic acids is 1. The normalized spacial score (nSPS) is 11.6. The standard InChI is InChI=1S/C9H15NO5/c1-3-4-6(9(13)14)10-7(11)5-8(12)15-2/h6H,3-5H2,1-2H3,(H,10,11)(H,13,14). The molecule has 2 N–H and O–H groups in total. The fourth-order valence-corrected chi connectivity index (χ4v) is 0.995. The number of methoxy groups -OCH3 is 1. The Morgan fingerprint density at radius 1 is 1.40 bits per heavy atom. The van der Waals surface area contributed by atoms with E-state index in [0.29, 0.717) is 12.8 Å². The highest BCUT2D eigenvalue weighted by molar-refractivity contribution is 5.95. The molecule has 0 bridgehead atoms. The molecule has 0 heterocycles. The Balaban J connectivity index is 4.11. The van der Waals surface area contributed by atoms with Crippen molar-refractivity contribution in [3.05, 3.63) is 0 Å². The number of amides is 1. The van der Waals surface area contributed by atoms with Gasteiger partial charge < -0.3 is 15.2 Å². The molecular formula is C9H15NO5. The predicted octanol–water partition coefficient (Wildman–Crippen LogP) is -0.0810. The maximum Gasteiger partial charge on any atom is 0.326 e. The van der Waals surface area contributed by atoms with E-state index in [0.717, 1.165) is 7.11 Å². The van der Waals surface area contributed by atoms with Crippen molar-refractivity contribution in [1.82, 2.24) is 5.32 Å². The third kappa shape index (κ3) is 5.66. The Bertz CT molecular complexity index is 251. The highest BCUT2D eigenvalue weighted by Crippen LogP contribution is 1.97. The fourth-order valence-electron chi connectivity index (χ4n) is 0.995. The monoisotopic (exact) mass is 217 g/mol. The van der Waals surface area contributed by atoms with Gasteiger partial charge in [0, 0.05) is 0 Å². The molecule has 0 aromatic heterocycles. The molecule has 0 radical (unpaired) electrons. The van der Waals surface area contributed by atoms with Gasteiger partial charge in [-0.25, -0.2) is 4.79 Å². The van der Waals surface area contributed by atoms with Crippen LogP contribution in [0.4, 0.5) is 0 Å². The second-order valence-electron chi connectivity index (χ2n) is 3.00. The van der Waals surface area contributed by atoms with E-state index >= 15 is 0 Å². The molecule has 0 aliphatic carbocycles. The van der Waals surface area contributed by atoms with Crippen LogP contribution >= 0.6 is 0 Å². The zero-order valence-electron chi connectivity index (χ0n) is 8.78. The summed E-state index contributed by atoms with van der Waals surface area (Å²) in [6, 6.07) is -0.938. The number of aliphatic carboxylic acids is 1. The maximum absolute atomic E-state index is 11.1. The van der Waals surface area contributed by atoms with Crippen LogP contribution in [-0.4, -0.2) is 36.1 Å². The summed E-state index contributed by atoms with van der Waals surface area (Å²) in [5, 5.41) is 11.0. The number of ether oxygens (including phenoxy) is 1. The van der Waals surface area contributed by atoms with Crippen molar-refractivity contribution < 1.29 is 24.2 Å². The summed E-state index contributed by atoms with van der Waals surface area (Å²) in [5.41, 5.74) is 0. The van der Waals surface area contributed by atoms with Crippen molar-refractivity contribution in [2.75, 3.05) is 7.11 Å². The SMILES string of the molecule is CCCC(NC(=O)CC(=O)OC)C(=O)O. The minimum absolute atomic E-state index is 0.336. The third-order valence-corrected chi connectivity index (χ3v) is 1.74. The largest absolute Gasteiger partial charge is 0.480 e. The lowest BCUT2D eigenvalue weighted by Crippen LogP contribution is -2.41. The number of hydrogen-bond acceptors (Lipinski definition) is 4. The number of carbonyl (C=O) groups excluding carboxylic acids is 2. The van der Waals surface area contributed by atoms with Crippen LogP contribution in [0.1, 0.15) is 26.2 Å². The van der Waals surface area contributed by atoms with Gasteiger partial charge in [0.05, 0.1) is 7.11 Å². The third-order valence-electron chi connectivity index (χ3n) is 1.74. The van der Waals surface area contributed by atoms with Gasteiger partial charge in [0.2, 0.25) is 5.91 Å². The van der Waals surface area contributed by atoms with Crippen LogP contribution in [0.15, 0.2) is 0 Å². The number of carboxylic acid groups (broad SMARTS) is 1. The summed E-state index contributed by atoms with van der Waals surface area (Å²) in [4.78, 5) is 32.5. The fraction of sp³-hybridized carbons (Fsp3) is 0.667. The topological polar surface area (TPSA) is 92.7 Å². The predicted molar refractivity (Wildman–Crippen MR) is 51.1 cm³/mol. The van der Waals surface area contributed by atoms with Gasteiger partial charge in [-0.05, 0) is 6.42 Å². The van der Waals surface area contributed by atoms with Gasteiger partial charge in [-0.3, -0.25) is 9.59 Å². The highest BCUT2D eigenvalue weighted by atomic mass is 16.5. The Hall–Kier alpha value is -1.59. The smallest absolute Gasteiger partial charge is 0.326 e. The summed E-state index contributed by atoms with van der Waals surface area (Å²) in [7, 11) is 1.16. The highest BCUT2D eigenvalue weighted by Gasteiger charge is 2.20. The van der Waals surface area contributed by atoms with Gasteiger partial charge in [0.1, 0.15) is 12.5 Å². The first-order valence-electron chi connectivity index (χ1n) is 4.60. The van der Waals surface area contributed by atoms with Gasteiger partial charge in [0.25, 0.3) is 0 Å². The van der Waals surface area contributed by atoms with Crippen LogP contribution in [0.2, 0.25) is 0 Å². The zero-order chi connectivity index (χ0) is 11.8. The van der Waals surface area contributed by atoms with Crippen LogP contribution in [0.25, 0.3) is 0 Å². The Morgan fingerprint density at radius 3 is 2.40 bits per heavy atom. The molecule has 0 rings (SSSR count). The van der Waals surface area contributed by atoms with E-state index in [1.165, 1.54) is 0 Å². The number of hydrogen-bond donors (Lipinski definition) is 2. The second kappa shape index (κ2) is 6.80. The molecule has 0 aliphatic rings. The lowest BCUT2D eigenvalue weighted by Gasteiger charge is -2.12. The van der Waals surface area contributed by atoms with Crippen LogP contribution in [0.3, 0.4) is 0 Å². The quantitative estimate of drug-likeness (QED) is 0.479. The van der Waals surface area contributed by atoms with Crippen molar-refractivity contribution in [1.29, 1.82) is 0 Å². The molecular weight excluding hydrogens is 202 g/mol. The Morgan fingerprint density at radius 2 is 2.00 bits per heavy atom. The van der Waals surface area contributed by atoms with Crippen LogP contribution < -0.4 is 5.32 Å². The Labute approximate surface area is 87.6 Å². The maximum atomic E-state index is 11.1. The van der Waals surface area contributed by atoms with Crippen molar-refractivity contribution >= 4 is 17.8 Å². The minimum Gasteiger partial charge on any atom is -0.480 e. The van der Waals surface area contributed by atoms with Crippen LogP contribution in [0, 0.1) is 0 Å². The van der Waals surface area contributed by atoms with E-state index in [-0.39, 0.29) is 0 Å². The summed E-state index contributed by atoms with van der Waals surface area (Å²) in [5.74, 6) is -2.43. The van der Waals surface area contributed by atoms with Gasteiger partial charge in [-0.1, -0.05) is 13.3 Å². The lowest BCUT2D eigenvalue weighted by atomic mass is 10.1. The molecule has 0 spiro atoms. The van der Waals surface area contributed by atoms with Crippen molar-refractivity contribution in [3.63, 3.8) is 0 Å². The van der Waals surface area contributed by atoms with Gasteiger partial charge in [-0.2, -0.15) is 0 Å². The number of nitrogens with one attached hydrogen (secondary N) is 1. The van der Waals surface area contributed by atoms with E-state index in [9.17, 15) is 14.4 Å². The van der Waals surface area contributed by atoms with Crippen molar-refractivity contribution in [3.8, 4) is 0 Å². The molecule has 6 heteroatoms. The van der Waals surface area contributed by atoms with E-state index in [1.54, 1.807) is 0 Å². The van der Waals surface area contributed by atoms with Gasteiger partial charge in [-0.15, -0.1) is 0 Å². The molecule has 0 saturated carbocycles. The Kier molecular flexibility index (Phi) is 6.08. The molecule has 15 heavy (non-hydrogen) atoms. The van der Waals surface area contributed by atoms with Crippen LogP contribution in [0.5, 0.6) is 0 Å². The molecule has 0 aromatic carbocycles. The van der Waals surface area contributed by atoms with E-state index in [1.807, 2.05) is 6.92 Å². The molecule has 0 aromatic rings. The number of esters is 1. The summed E-state index contributed by atoms with van der Waals surface area (Å²) in [6.07, 6.45) is 0.516. The average molecular weight is 217 g/mol. The zero-order valence-corrected chi connectivity index (χ0v) is 8.78. The minimum atomic E-state index is -1.10. The molecule has 0 saturated heterocycles. The average Bonchev–Trinajstić information content (AvgIpc) is 2.16. The van der Waals surface area contributed by atoms with Crippen molar-refractivity contribution in [2.24, 2.45) is 0 Å². The van der Waals surface area contributed by atoms with Crippen molar-refractivity contribution in [2.45, 2.75) is 32.2 Å². The first-order chi connectivity index (χ1) is 7.01.